The van der Waals surface area contributed by atoms with E-state index in [2.05, 4.69) is 48.4 Å². The minimum atomic E-state index is -0.0785. The van der Waals surface area contributed by atoms with Gasteiger partial charge in [0.05, 0.1) is 22.0 Å². The number of hydrogen-bond donors (Lipinski definition) is 1. The highest BCUT2D eigenvalue weighted by molar-refractivity contribution is 7.15. The van der Waals surface area contributed by atoms with Gasteiger partial charge in [0.2, 0.25) is 5.91 Å². The SMILES string of the molecule is CCc1cccc(-c2nc(CC)sc2-c2ccnc(NC(=O)Cc3ccccc3)c2)c1. The van der Waals surface area contributed by atoms with Crippen molar-refractivity contribution in [3.05, 3.63) is 89.1 Å². The molecule has 156 valence electrons. The maximum atomic E-state index is 12.5. The molecule has 0 spiro atoms. The van der Waals surface area contributed by atoms with E-state index in [4.69, 9.17) is 4.98 Å². The van der Waals surface area contributed by atoms with Gasteiger partial charge >= 0.3 is 0 Å². The number of benzene rings is 2. The number of amides is 1. The van der Waals surface area contributed by atoms with E-state index in [-0.39, 0.29) is 5.91 Å². The molecule has 0 bridgehead atoms. The van der Waals surface area contributed by atoms with Gasteiger partial charge in [-0.2, -0.15) is 0 Å². The van der Waals surface area contributed by atoms with Gasteiger partial charge in [-0.25, -0.2) is 9.97 Å². The van der Waals surface area contributed by atoms with Gasteiger partial charge in [-0.3, -0.25) is 4.79 Å². The van der Waals surface area contributed by atoms with Gasteiger partial charge in [-0.05, 0) is 47.7 Å². The first kappa shape index (κ1) is 20.9. The number of pyridine rings is 1. The van der Waals surface area contributed by atoms with Crippen LogP contribution in [-0.2, 0) is 24.1 Å². The lowest BCUT2D eigenvalue weighted by atomic mass is 10.0. The van der Waals surface area contributed by atoms with Crippen molar-refractivity contribution in [3.8, 4) is 21.7 Å². The van der Waals surface area contributed by atoms with Gasteiger partial charge in [0.1, 0.15) is 5.82 Å². The largest absolute Gasteiger partial charge is 0.310 e. The molecule has 0 aliphatic rings. The number of nitrogens with one attached hydrogen (secondary N) is 1. The average Bonchev–Trinajstić information content (AvgIpc) is 3.25. The number of aryl methyl sites for hydroxylation is 2. The van der Waals surface area contributed by atoms with Crippen LogP contribution in [0.1, 0.15) is 30.0 Å². The maximum Gasteiger partial charge on any atom is 0.229 e. The van der Waals surface area contributed by atoms with Gasteiger partial charge in [0, 0.05) is 11.8 Å². The summed E-state index contributed by atoms with van der Waals surface area (Å²) in [5, 5.41) is 4.03. The first-order valence-corrected chi connectivity index (χ1v) is 11.4. The summed E-state index contributed by atoms with van der Waals surface area (Å²) in [5.41, 5.74) is 5.39. The van der Waals surface area contributed by atoms with E-state index >= 15 is 0 Å². The third-order valence-corrected chi connectivity index (χ3v) is 6.33. The number of thiazole rings is 1. The Balaban J connectivity index is 1.63. The second-order valence-corrected chi connectivity index (χ2v) is 8.42. The molecule has 31 heavy (non-hydrogen) atoms. The van der Waals surface area contributed by atoms with Gasteiger partial charge in [-0.1, -0.05) is 62.4 Å². The van der Waals surface area contributed by atoms with Crippen molar-refractivity contribution >= 4 is 23.1 Å². The topological polar surface area (TPSA) is 54.9 Å². The van der Waals surface area contributed by atoms with Crippen LogP contribution in [0.2, 0.25) is 0 Å². The minimum Gasteiger partial charge on any atom is -0.310 e. The van der Waals surface area contributed by atoms with Crippen molar-refractivity contribution in [2.24, 2.45) is 0 Å². The van der Waals surface area contributed by atoms with E-state index in [1.54, 1.807) is 17.5 Å². The lowest BCUT2D eigenvalue weighted by Crippen LogP contribution is -2.15. The molecule has 1 N–H and O–H groups in total. The van der Waals surface area contributed by atoms with Gasteiger partial charge in [0.25, 0.3) is 0 Å². The van der Waals surface area contributed by atoms with Crippen molar-refractivity contribution in [2.45, 2.75) is 33.1 Å². The van der Waals surface area contributed by atoms with Crippen LogP contribution in [0.5, 0.6) is 0 Å². The fraction of sp³-hybridized carbons (Fsp3) is 0.192. The van der Waals surface area contributed by atoms with Crippen molar-refractivity contribution in [2.75, 3.05) is 5.32 Å². The molecule has 4 nitrogen and oxygen atoms in total. The number of nitrogens with zero attached hydrogens (tertiary/aromatic N) is 2. The van der Waals surface area contributed by atoms with E-state index in [1.165, 1.54) is 5.56 Å². The molecule has 4 aromatic rings. The zero-order valence-electron chi connectivity index (χ0n) is 17.8. The summed E-state index contributed by atoms with van der Waals surface area (Å²) in [6.07, 6.45) is 3.94. The third kappa shape index (κ3) is 5.06. The lowest BCUT2D eigenvalue weighted by Gasteiger charge is -2.08. The molecule has 0 unspecified atom stereocenters. The normalized spacial score (nSPS) is 10.8. The predicted octanol–water partition coefficient (Wildman–Crippen LogP) is 6.18. The second kappa shape index (κ2) is 9.67. The molecular formula is C26H25N3OS. The van der Waals surface area contributed by atoms with Crippen molar-refractivity contribution < 1.29 is 4.79 Å². The number of anilines is 1. The number of hydrogen-bond acceptors (Lipinski definition) is 4. The molecule has 0 fully saturated rings. The first-order valence-electron chi connectivity index (χ1n) is 10.6. The summed E-state index contributed by atoms with van der Waals surface area (Å²) >= 11 is 1.70. The molecule has 0 saturated carbocycles. The second-order valence-electron chi connectivity index (χ2n) is 7.33. The Kier molecular flexibility index (Phi) is 6.53. The van der Waals surface area contributed by atoms with Gasteiger partial charge in [-0.15, -0.1) is 11.3 Å². The molecule has 0 atom stereocenters. The highest BCUT2D eigenvalue weighted by Gasteiger charge is 2.16. The Bertz CT molecular complexity index is 1180. The maximum absolute atomic E-state index is 12.5. The Labute approximate surface area is 187 Å². The number of aromatic nitrogens is 2. The Hall–Kier alpha value is -3.31. The zero-order chi connectivity index (χ0) is 21.6. The smallest absolute Gasteiger partial charge is 0.229 e. The molecule has 2 aromatic heterocycles. The third-order valence-electron chi connectivity index (χ3n) is 5.08. The molecule has 4 rings (SSSR count). The molecule has 0 aliphatic carbocycles. The summed E-state index contributed by atoms with van der Waals surface area (Å²) < 4.78 is 0. The van der Waals surface area contributed by atoms with E-state index in [1.807, 2.05) is 42.5 Å². The molecule has 1 amide bonds. The van der Waals surface area contributed by atoms with E-state index in [0.717, 1.165) is 45.1 Å². The zero-order valence-corrected chi connectivity index (χ0v) is 18.6. The van der Waals surface area contributed by atoms with Crippen LogP contribution in [-0.4, -0.2) is 15.9 Å². The van der Waals surface area contributed by atoms with Crippen LogP contribution >= 0.6 is 11.3 Å². The molecule has 5 heteroatoms. The van der Waals surface area contributed by atoms with Crippen LogP contribution < -0.4 is 5.32 Å². The van der Waals surface area contributed by atoms with Crippen LogP contribution in [0.4, 0.5) is 5.82 Å². The van der Waals surface area contributed by atoms with Crippen LogP contribution in [0.3, 0.4) is 0 Å². The minimum absolute atomic E-state index is 0.0785. The summed E-state index contributed by atoms with van der Waals surface area (Å²) in [6.45, 7) is 4.28. The Morgan fingerprint density at radius 3 is 2.48 bits per heavy atom. The fourth-order valence-electron chi connectivity index (χ4n) is 3.45. The monoisotopic (exact) mass is 427 g/mol. The number of rotatable bonds is 7. The van der Waals surface area contributed by atoms with Gasteiger partial charge < -0.3 is 5.32 Å². The van der Waals surface area contributed by atoms with Gasteiger partial charge in [0.15, 0.2) is 0 Å². The van der Waals surface area contributed by atoms with Crippen molar-refractivity contribution in [1.29, 1.82) is 0 Å². The Morgan fingerprint density at radius 2 is 1.71 bits per heavy atom. The van der Waals surface area contributed by atoms with Crippen LogP contribution in [0.25, 0.3) is 21.7 Å². The standard InChI is InChI=1S/C26H25N3OS/c1-3-18-11-8-12-20(15-18)25-26(31-24(4-2)29-25)21-13-14-27-22(17-21)28-23(30)16-19-9-6-5-7-10-19/h5-15,17H,3-4,16H2,1-2H3,(H,27,28,30). The molecule has 0 aliphatic heterocycles. The summed E-state index contributed by atoms with van der Waals surface area (Å²) in [6, 6.07) is 22.2. The highest BCUT2D eigenvalue weighted by Crippen LogP contribution is 2.38. The Morgan fingerprint density at radius 1 is 0.903 bits per heavy atom. The van der Waals surface area contributed by atoms with Crippen LogP contribution in [0.15, 0.2) is 72.9 Å². The van der Waals surface area contributed by atoms with Crippen molar-refractivity contribution in [3.63, 3.8) is 0 Å². The number of carbonyl (C=O) groups is 1. The van der Waals surface area contributed by atoms with E-state index < -0.39 is 0 Å². The molecule has 2 heterocycles. The first-order chi connectivity index (χ1) is 15.2. The molecule has 2 aromatic carbocycles. The summed E-state index contributed by atoms with van der Waals surface area (Å²) in [4.78, 5) is 22.8. The summed E-state index contributed by atoms with van der Waals surface area (Å²) in [7, 11) is 0. The quantitative estimate of drug-likeness (QED) is 0.383. The van der Waals surface area contributed by atoms with Crippen molar-refractivity contribution in [1.82, 2.24) is 9.97 Å². The predicted molar refractivity (Wildman–Crippen MR) is 128 cm³/mol. The van der Waals surface area contributed by atoms with Crippen LogP contribution in [0, 0.1) is 0 Å². The van der Waals surface area contributed by atoms with E-state index in [0.29, 0.717) is 12.2 Å². The molecular weight excluding hydrogens is 402 g/mol. The average molecular weight is 428 g/mol. The lowest BCUT2D eigenvalue weighted by molar-refractivity contribution is -0.115. The summed E-state index contributed by atoms with van der Waals surface area (Å²) in [5.74, 6) is 0.475. The molecule has 0 radical (unpaired) electrons. The fourth-order valence-corrected chi connectivity index (χ4v) is 4.48. The van der Waals surface area contributed by atoms with E-state index in [9.17, 15) is 4.79 Å². The number of carbonyl (C=O) groups excluding carboxylic acids is 1. The molecule has 0 saturated heterocycles. The highest BCUT2D eigenvalue weighted by atomic mass is 32.1.